The zero-order valence-electron chi connectivity index (χ0n) is 4.83. The first-order chi connectivity index (χ1) is 3.79. The predicted molar refractivity (Wildman–Crippen MR) is 27.1 cm³/mol. The van der Waals surface area contributed by atoms with Crippen molar-refractivity contribution in [1.82, 2.24) is 0 Å². The van der Waals surface area contributed by atoms with Crippen molar-refractivity contribution in [2.75, 3.05) is 6.61 Å². The van der Waals surface area contributed by atoms with Gasteiger partial charge in [-0.1, -0.05) is 0 Å². The highest BCUT2D eigenvalue weighted by atomic mass is 16.7. The number of aliphatic hydroxyl groups is 1. The first kappa shape index (κ1) is 6.01. The summed E-state index contributed by atoms with van der Waals surface area (Å²) >= 11 is 0. The van der Waals surface area contributed by atoms with Gasteiger partial charge in [-0.15, -0.1) is 0 Å². The van der Waals surface area contributed by atoms with Crippen LogP contribution in [0.15, 0.2) is 0 Å². The minimum absolute atomic E-state index is 0.144. The van der Waals surface area contributed by atoms with Crippen LogP contribution in [-0.2, 0) is 9.47 Å². The average molecular weight is 118 g/mol. The van der Waals surface area contributed by atoms with Crippen LogP contribution in [0.5, 0.6) is 0 Å². The Balaban J connectivity index is 2.01. The molecule has 48 valence electrons. The van der Waals surface area contributed by atoms with Gasteiger partial charge >= 0.3 is 0 Å². The normalized spacial score (nSPS) is 31.5. The van der Waals surface area contributed by atoms with Crippen LogP contribution in [0.2, 0.25) is 0 Å². The van der Waals surface area contributed by atoms with Gasteiger partial charge in [-0.3, -0.25) is 0 Å². The van der Waals surface area contributed by atoms with Crippen molar-refractivity contribution in [3.8, 4) is 0 Å². The average Bonchev–Trinajstić information content (AvgIpc) is 1.55. The number of hydrogen-bond donors (Lipinski definition) is 1. The topological polar surface area (TPSA) is 38.7 Å². The molecule has 1 N–H and O–H groups in total. The molecule has 0 aliphatic carbocycles. The zero-order chi connectivity index (χ0) is 5.98. The first-order valence-corrected chi connectivity index (χ1v) is 2.74. The number of aliphatic hydroxyl groups excluding tert-OH is 1. The summed E-state index contributed by atoms with van der Waals surface area (Å²) in [6, 6.07) is 0. The van der Waals surface area contributed by atoms with E-state index in [-0.39, 0.29) is 6.29 Å². The molecule has 1 aliphatic heterocycles. The van der Waals surface area contributed by atoms with Crippen molar-refractivity contribution in [3.05, 3.63) is 0 Å². The van der Waals surface area contributed by atoms with Gasteiger partial charge in [0.25, 0.3) is 0 Å². The highest BCUT2D eigenvalue weighted by Gasteiger charge is 2.19. The number of hydrogen-bond acceptors (Lipinski definition) is 3. The van der Waals surface area contributed by atoms with E-state index in [0.29, 0.717) is 0 Å². The maximum atomic E-state index is 8.59. The summed E-state index contributed by atoms with van der Waals surface area (Å²) in [4.78, 5) is 0. The lowest BCUT2D eigenvalue weighted by Gasteiger charge is -2.27. The van der Waals surface area contributed by atoms with E-state index in [9.17, 15) is 0 Å². The molecular formula is C5H10O3. The van der Waals surface area contributed by atoms with Crippen molar-refractivity contribution in [3.63, 3.8) is 0 Å². The third-order valence-electron chi connectivity index (χ3n) is 1.01. The van der Waals surface area contributed by atoms with Crippen molar-refractivity contribution in [2.45, 2.75) is 25.9 Å². The maximum absolute atomic E-state index is 8.59. The summed E-state index contributed by atoms with van der Waals surface area (Å²) in [5.41, 5.74) is 0. The van der Waals surface area contributed by atoms with Crippen molar-refractivity contribution in [1.29, 1.82) is 0 Å². The molecule has 0 aromatic rings. The summed E-state index contributed by atoms with van der Waals surface area (Å²) < 4.78 is 9.68. The Labute approximate surface area is 48.2 Å². The number of rotatable bonds is 2. The van der Waals surface area contributed by atoms with Crippen LogP contribution in [0, 0.1) is 0 Å². The fraction of sp³-hybridized carbons (Fsp3) is 1.00. The summed E-state index contributed by atoms with van der Waals surface area (Å²) in [6.45, 7) is 2.33. The van der Waals surface area contributed by atoms with Crippen LogP contribution in [-0.4, -0.2) is 24.3 Å². The Morgan fingerprint density at radius 1 is 1.88 bits per heavy atom. The van der Waals surface area contributed by atoms with E-state index >= 15 is 0 Å². The van der Waals surface area contributed by atoms with Crippen molar-refractivity contribution < 1.29 is 14.6 Å². The summed E-state index contributed by atoms with van der Waals surface area (Å²) in [6.07, 6.45) is 0.0700. The molecule has 0 aromatic heterocycles. The minimum Gasteiger partial charge on any atom is -0.368 e. The molecule has 0 bridgehead atoms. The smallest absolute Gasteiger partial charge is 0.162 e. The fourth-order valence-corrected chi connectivity index (χ4v) is 0.541. The molecule has 2 atom stereocenters. The minimum atomic E-state index is -0.694. The van der Waals surface area contributed by atoms with Crippen molar-refractivity contribution in [2.24, 2.45) is 0 Å². The van der Waals surface area contributed by atoms with Crippen LogP contribution < -0.4 is 0 Å². The molecule has 0 spiro atoms. The summed E-state index contributed by atoms with van der Waals surface area (Å²) in [5, 5.41) is 8.59. The zero-order valence-corrected chi connectivity index (χ0v) is 4.83. The van der Waals surface area contributed by atoms with Crippen LogP contribution in [0.25, 0.3) is 0 Å². The second kappa shape index (κ2) is 2.44. The molecule has 0 aromatic carbocycles. The van der Waals surface area contributed by atoms with Gasteiger partial charge < -0.3 is 14.6 Å². The molecule has 1 aliphatic rings. The molecule has 1 fully saturated rings. The van der Waals surface area contributed by atoms with E-state index in [2.05, 4.69) is 0 Å². The molecule has 1 rings (SSSR count). The molecular weight excluding hydrogens is 108 g/mol. The Hall–Kier alpha value is -0.120. The van der Waals surface area contributed by atoms with E-state index in [1.165, 1.54) is 0 Å². The quantitative estimate of drug-likeness (QED) is 0.522. The van der Waals surface area contributed by atoms with E-state index in [1.807, 2.05) is 0 Å². The Kier molecular flexibility index (Phi) is 1.83. The Bertz CT molecular complexity index is 68.1. The number of ether oxygens (including phenoxy) is 2. The highest BCUT2D eigenvalue weighted by Crippen LogP contribution is 2.12. The van der Waals surface area contributed by atoms with Gasteiger partial charge in [-0.05, 0) is 6.92 Å². The van der Waals surface area contributed by atoms with Crippen molar-refractivity contribution >= 4 is 0 Å². The molecule has 0 amide bonds. The van der Waals surface area contributed by atoms with Gasteiger partial charge in [-0.2, -0.15) is 0 Å². The van der Waals surface area contributed by atoms with E-state index in [4.69, 9.17) is 14.6 Å². The largest absolute Gasteiger partial charge is 0.368 e. The lowest BCUT2D eigenvalue weighted by atomic mass is 10.3. The van der Waals surface area contributed by atoms with Gasteiger partial charge in [0.2, 0.25) is 0 Å². The fourth-order valence-electron chi connectivity index (χ4n) is 0.541. The second-order valence-corrected chi connectivity index (χ2v) is 1.82. The third-order valence-corrected chi connectivity index (χ3v) is 1.01. The Morgan fingerprint density at radius 3 is 2.62 bits per heavy atom. The lowest BCUT2D eigenvalue weighted by Crippen LogP contribution is -2.32. The van der Waals surface area contributed by atoms with Gasteiger partial charge in [0.05, 0.1) is 6.61 Å². The first-order valence-electron chi connectivity index (χ1n) is 2.74. The molecule has 0 radical (unpaired) electrons. The standard InChI is InChI=1S/C5H10O3/c1-4(6)8-5-2-3-7-5/h4-6H,2-3H2,1H3. The van der Waals surface area contributed by atoms with Crippen LogP contribution in [0.1, 0.15) is 13.3 Å². The van der Waals surface area contributed by atoms with Gasteiger partial charge in [0, 0.05) is 6.42 Å². The molecule has 0 saturated carbocycles. The van der Waals surface area contributed by atoms with Gasteiger partial charge in [0.15, 0.2) is 12.6 Å². The second-order valence-electron chi connectivity index (χ2n) is 1.82. The van der Waals surface area contributed by atoms with Gasteiger partial charge in [-0.25, -0.2) is 0 Å². The lowest BCUT2D eigenvalue weighted by molar-refractivity contribution is -0.271. The molecule has 3 heteroatoms. The summed E-state index contributed by atoms with van der Waals surface area (Å²) in [5.74, 6) is 0. The highest BCUT2D eigenvalue weighted by molar-refractivity contribution is 4.53. The van der Waals surface area contributed by atoms with E-state index in [1.54, 1.807) is 6.92 Å². The van der Waals surface area contributed by atoms with E-state index < -0.39 is 6.29 Å². The van der Waals surface area contributed by atoms with Crippen LogP contribution in [0.3, 0.4) is 0 Å². The Morgan fingerprint density at radius 2 is 2.50 bits per heavy atom. The molecule has 1 heterocycles. The molecule has 2 unspecified atom stereocenters. The van der Waals surface area contributed by atoms with Crippen LogP contribution >= 0.6 is 0 Å². The van der Waals surface area contributed by atoms with E-state index in [0.717, 1.165) is 13.0 Å². The maximum Gasteiger partial charge on any atom is 0.162 e. The van der Waals surface area contributed by atoms with Gasteiger partial charge in [0.1, 0.15) is 0 Å². The molecule has 8 heavy (non-hydrogen) atoms. The molecule has 3 nitrogen and oxygen atoms in total. The third kappa shape index (κ3) is 1.43. The summed E-state index contributed by atoms with van der Waals surface area (Å²) in [7, 11) is 0. The van der Waals surface area contributed by atoms with Crippen LogP contribution in [0.4, 0.5) is 0 Å². The molecule has 1 saturated heterocycles. The predicted octanol–water partition coefficient (Wildman–Crippen LogP) is 0.0877. The SMILES string of the molecule is CC(O)OC1CCO1. The monoisotopic (exact) mass is 118 g/mol.